The number of thiophene rings is 1. The van der Waals surface area contributed by atoms with Crippen LogP contribution in [0, 0.1) is 0 Å². The molecule has 0 spiro atoms. The van der Waals surface area contributed by atoms with Crippen LogP contribution in [0.1, 0.15) is 46.1 Å². The Bertz CT molecular complexity index is 1020. The number of benzene rings is 1. The van der Waals surface area contributed by atoms with Gasteiger partial charge in [-0.25, -0.2) is 17.5 Å². The first-order chi connectivity index (χ1) is 14.8. The molecule has 1 aliphatic heterocycles. The molecule has 0 bridgehead atoms. The highest BCUT2D eigenvalue weighted by Gasteiger charge is 2.35. The zero-order valence-electron chi connectivity index (χ0n) is 18.5. The third-order valence-corrected chi connectivity index (χ3v) is 9.10. The van der Waals surface area contributed by atoms with Crippen molar-refractivity contribution in [2.75, 3.05) is 34.4 Å². The van der Waals surface area contributed by atoms with Gasteiger partial charge in [0.05, 0.1) is 19.8 Å². The largest absolute Gasteiger partial charge is 0.497 e. The zero-order chi connectivity index (χ0) is 22.6. The fourth-order valence-corrected chi connectivity index (χ4v) is 7.02. The van der Waals surface area contributed by atoms with Crippen molar-refractivity contribution in [2.45, 2.75) is 43.5 Å². The molecule has 0 unspecified atom stereocenters. The Kier molecular flexibility index (Phi) is 7.74. The summed E-state index contributed by atoms with van der Waals surface area (Å²) in [4.78, 5) is 15.7. The highest BCUT2D eigenvalue weighted by atomic mass is 32.2. The van der Waals surface area contributed by atoms with Crippen molar-refractivity contribution in [3.8, 4) is 5.75 Å². The maximum Gasteiger partial charge on any atom is 0.340 e. The van der Waals surface area contributed by atoms with Crippen LogP contribution in [-0.2, 0) is 34.3 Å². The van der Waals surface area contributed by atoms with Crippen LogP contribution in [0.2, 0.25) is 0 Å². The number of hydrogen-bond donors (Lipinski definition) is 0. The third-order valence-electron chi connectivity index (χ3n) is 5.53. The third kappa shape index (κ3) is 5.11. The fourth-order valence-electron chi connectivity index (χ4n) is 3.69. The van der Waals surface area contributed by atoms with Crippen LogP contribution in [0.5, 0.6) is 5.75 Å². The summed E-state index contributed by atoms with van der Waals surface area (Å²) in [6.45, 7) is 4.52. The van der Waals surface area contributed by atoms with E-state index in [2.05, 4.69) is 4.90 Å². The van der Waals surface area contributed by atoms with Gasteiger partial charge in [-0.3, -0.25) is 4.90 Å². The molecule has 170 valence electrons. The summed E-state index contributed by atoms with van der Waals surface area (Å²) in [5, 5.41) is 0. The van der Waals surface area contributed by atoms with Gasteiger partial charge in [-0.05, 0) is 36.1 Å². The first-order valence-corrected chi connectivity index (χ1v) is 12.6. The van der Waals surface area contributed by atoms with Gasteiger partial charge in [0.1, 0.15) is 9.96 Å². The summed E-state index contributed by atoms with van der Waals surface area (Å²) in [7, 11) is 0.749. The van der Waals surface area contributed by atoms with Gasteiger partial charge in [0.15, 0.2) is 0 Å². The Morgan fingerprint density at radius 3 is 2.55 bits per heavy atom. The molecule has 0 aliphatic carbocycles. The minimum atomic E-state index is -3.76. The Balaban J connectivity index is 1.88. The summed E-state index contributed by atoms with van der Waals surface area (Å²) in [6, 6.07) is 7.92. The van der Waals surface area contributed by atoms with Gasteiger partial charge >= 0.3 is 5.97 Å². The molecule has 3 rings (SSSR count). The predicted octanol–water partition coefficient (Wildman–Crippen LogP) is 3.52. The molecule has 1 aromatic heterocycles. The van der Waals surface area contributed by atoms with Crippen molar-refractivity contribution in [1.29, 1.82) is 0 Å². The molecule has 0 N–H and O–H groups in total. The molecule has 0 radical (unpaired) electrons. The van der Waals surface area contributed by atoms with Crippen molar-refractivity contribution < 1.29 is 22.7 Å². The minimum Gasteiger partial charge on any atom is -0.497 e. The summed E-state index contributed by atoms with van der Waals surface area (Å²) in [5.41, 5.74) is 2.18. The van der Waals surface area contributed by atoms with E-state index in [1.165, 1.54) is 22.8 Å². The second kappa shape index (κ2) is 10.1. The predicted molar refractivity (Wildman–Crippen MR) is 121 cm³/mol. The number of esters is 1. The lowest BCUT2D eigenvalue weighted by Gasteiger charge is -2.27. The molecule has 1 aromatic carbocycles. The lowest BCUT2D eigenvalue weighted by atomic mass is 10.0. The number of hydrogen-bond acceptors (Lipinski definition) is 7. The average molecular weight is 467 g/mol. The first-order valence-electron chi connectivity index (χ1n) is 10.4. The Hall–Kier alpha value is -1.94. The molecule has 0 atom stereocenters. The summed E-state index contributed by atoms with van der Waals surface area (Å²) < 4.78 is 38.1. The number of methoxy groups -OCH3 is 2. The number of nitrogens with zero attached hydrogens (tertiary/aromatic N) is 2. The number of sulfonamides is 1. The van der Waals surface area contributed by atoms with Gasteiger partial charge in [0.2, 0.25) is 0 Å². The molecule has 7 nitrogen and oxygen atoms in total. The molecular weight excluding hydrogens is 436 g/mol. The highest BCUT2D eigenvalue weighted by Crippen LogP contribution is 2.38. The van der Waals surface area contributed by atoms with Crippen molar-refractivity contribution in [3.63, 3.8) is 0 Å². The minimum absolute atomic E-state index is 0.106. The fraction of sp³-hybridized carbons (Fsp3) is 0.500. The normalized spacial score (nSPS) is 14.5. The highest BCUT2D eigenvalue weighted by molar-refractivity contribution is 7.91. The number of rotatable bonds is 9. The maximum atomic E-state index is 13.2. The van der Waals surface area contributed by atoms with Crippen molar-refractivity contribution >= 4 is 27.3 Å². The second-order valence-corrected chi connectivity index (χ2v) is 11.0. The van der Waals surface area contributed by atoms with E-state index < -0.39 is 16.0 Å². The van der Waals surface area contributed by atoms with E-state index in [4.69, 9.17) is 9.47 Å². The van der Waals surface area contributed by atoms with E-state index in [0.717, 1.165) is 47.7 Å². The quantitative estimate of drug-likeness (QED) is 0.527. The van der Waals surface area contributed by atoms with Gasteiger partial charge in [-0.15, -0.1) is 11.3 Å². The van der Waals surface area contributed by atoms with Crippen molar-refractivity contribution in [1.82, 2.24) is 9.21 Å². The monoisotopic (exact) mass is 466 g/mol. The summed E-state index contributed by atoms with van der Waals surface area (Å²) in [5.74, 6) is 0.233. The van der Waals surface area contributed by atoms with Gasteiger partial charge in [0, 0.05) is 38.1 Å². The summed E-state index contributed by atoms with van der Waals surface area (Å²) in [6.07, 6.45) is 2.27. The Morgan fingerprint density at radius 2 is 1.94 bits per heavy atom. The van der Waals surface area contributed by atoms with Gasteiger partial charge in [0.25, 0.3) is 10.0 Å². The smallest absolute Gasteiger partial charge is 0.340 e. The molecule has 2 aromatic rings. The van der Waals surface area contributed by atoms with Gasteiger partial charge in [-0.2, -0.15) is 0 Å². The number of carbonyl (C=O) groups excluding carboxylic acids is 1. The topological polar surface area (TPSA) is 76.2 Å². The molecule has 0 amide bonds. The van der Waals surface area contributed by atoms with E-state index in [-0.39, 0.29) is 9.77 Å². The van der Waals surface area contributed by atoms with Crippen LogP contribution in [0.4, 0.5) is 0 Å². The molecule has 9 heteroatoms. The molecule has 1 aliphatic rings. The average Bonchev–Trinajstić information content (AvgIpc) is 3.17. The van der Waals surface area contributed by atoms with Crippen molar-refractivity contribution in [3.05, 3.63) is 45.8 Å². The number of unbranched alkanes of at least 4 members (excludes halogenated alkanes) is 1. The van der Waals surface area contributed by atoms with Crippen LogP contribution in [0.15, 0.2) is 28.5 Å². The molecule has 0 saturated carbocycles. The van der Waals surface area contributed by atoms with E-state index >= 15 is 0 Å². The van der Waals surface area contributed by atoms with Crippen LogP contribution >= 0.6 is 11.3 Å². The Morgan fingerprint density at radius 1 is 1.23 bits per heavy atom. The molecule has 0 saturated heterocycles. The molecule has 31 heavy (non-hydrogen) atoms. The van der Waals surface area contributed by atoms with E-state index in [9.17, 15) is 13.2 Å². The van der Waals surface area contributed by atoms with E-state index in [0.29, 0.717) is 19.5 Å². The molecular formula is C22H30N2O5S2. The van der Waals surface area contributed by atoms with Crippen LogP contribution in [-0.4, -0.2) is 57.9 Å². The number of carbonyl (C=O) groups is 1. The summed E-state index contributed by atoms with van der Waals surface area (Å²) >= 11 is 1.20. The van der Waals surface area contributed by atoms with Gasteiger partial charge < -0.3 is 9.47 Å². The lowest BCUT2D eigenvalue weighted by molar-refractivity contribution is 0.0595. The number of fused-ring (bicyclic) bond motifs is 1. The van der Waals surface area contributed by atoms with E-state index in [1.807, 2.05) is 31.2 Å². The molecule has 0 fully saturated rings. The zero-order valence-corrected chi connectivity index (χ0v) is 20.1. The second-order valence-electron chi connectivity index (χ2n) is 7.65. The number of ether oxygens (including phenoxy) is 2. The van der Waals surface area contributed by atoms with Crippen LogP contribution < -0.4 is 4.74 Å². The van der Waals surface area contributed by atoms with Crippen molar-refractivity contribution in [2.24, 2.45) is 0 Å². The van der Waals surface area contributed by atoms with Crippen LogP contribution in [0.3, 0.4) is 0 Å². The first kappa shape index (κ1) is 23.7. The molecule has 2 heterocycles. The standard InChI is InChI=1S/C22H30N2O5S2/c1-5-6-12-23(2)31(26,27)22-20(21(25)29-4)18-11-13-24(15-19(18)30-22)14-16-7-9-17(28-3)10-8-16/h7-10H,5-6,11-15H2,1-4H3. The van der Waals surface area contributed by atoms with Crippen LogP contribution in [0.25, 0.3) is 0 Å². The maximum absolute atomic E-state index is 13.2. The van der Waals surface area contributed by atoms with E-state index in [1.54, 1.807) is 14.2 Å². The van der Waals surface area contributed by atoms with Gasteiger partial charge in [-0.1, -0.05) is 25.5 Å². The lowest BCUT2D eigenvalue weighted by Crippen LogP contribution is -2.30. The SMILES string of the molecule is CCCCN(C)S(=O)(=O)c1sc2c(c1C(=O)OC)CCN(Cc1ccc(OC)cc1)C2. The Labute approximate surface area is 188 Å².